The predicted octanol–water partition coefficient (Wildman–Crippen LogP) is 2.98. The zero-order valence-electron chi connectivity index (χ0n) is 14.6. The van der Waals surface area contributed by atoms with Gasteiger partial charge in [-0.05, 0) is 55.7 Å². The van der Waals surface area contributed by atoms with Crippen LogP contribution in [0, 0.1) is 5.82 Å². The highest BCUT2D eigenvalue weighted by atomic mass is 32.2. The molecule has 5 nitrogen and oxygen atoms in total. The van der Waals surface area contributed by atoms with E-state index in [-0.39, 0.29) is 4.90 Å². The van der Waals surface area contributed by atoms with Gasteiger partial charge in [-0.15, -0.1) is 0 Å². The first kappa shape index (κ1) is 18.4. The number of anilines is 1. The summed E-state index contributed by atoms with van der Waals surface area (Å²) in [5.74, 6) is -0.501. The second-order valence-electron chi connectivity index (χ2n) is 6.20. The lowest BCUT2D eigenvalue weighted by atomic mass is 10.0. The standard InChI is InChI=1S/C19H20FNO4S/c1-13(26(23,24)16-10-8-15(20)9-11-16)19(22)21-12-4-6-14-5-3-7-17(25-2)18(14)21/h3,5,7-11,13H,4,6,12H2,1-2H3/t13-/m0/s1. The van der Waals surface area contributed by atoms with Crippen molar-refractivity contribution in [3.05, 3.63) is 53.8 Å². The topological polar surface area (TPSA) is 63.7 Å². The van der Waals surface area contributed by atoms with Crippen molar-refractivity contribution < 1.29 is 22.3 Å². The molecule has 0 saturated carbocycles. The molecule has 2 aromatic carbocycles. The molecular formula is C19H20FNO4S. The van der Waals surface area contributed by atoms with Gasteiger partial charge < -0.3 is 9.64 Å². The third kappa shape index (κ3) is 3.19. The number of halogens is 1. The first-order chi connectivity index (χ1) is 12.4. The summed E-state index contributed by atoms with van der Waals surface area (Å²) in [5.41, 5.74) is 1.59. The normalized spacial score (nSPS) is 15.3. The number of benzene rings is 2. The summed E-state index contributed by atoms with van der Waals surface area (Å²) in [6.45, 7) is 1.79. The van der Waals surface area contributed by atoms with E-state index in [9.17, 15) is 17.6 Å². The Balaban J connectivity index is 1.97. The molecule has 0 unspecified atom stereocenters. The van der Waals surface area contributed by atoms with Gasteiger partial charge in [0.2, 0.25) is 5.91 Å². The molecule has 1 aliphatic rings. The summed E-state index contributed by atoms with van der Waals surface area (Å²) in [7, 11) is -2.41. The molecule has 0 aromatic heterocycles. The van der Waals surface area contributed by atoms with Crippen LogP contribution in [0.5, 0.6) is 5.75 Å². The van der Waals surface area contributed by atoms with E-state index in [0.29, 0.717) is 18.0 Å². The van der Waals surface area contributed by atoms with Crippen molar-refractivity contribution in [2.75, 3.05) is 18.6 Å². The number of rotatable bonds is 4. The monoisotopic (exact) mass is 377 g/mol. The van der Waals surface area contributed by atoms with E-state index in [0.717, 1.165) is 30.5 Å². The van der Waals surface area contributed by atoms with Crippen molar-refractivity contribution in [3.63, 3.8) is 0 Å². The number of para-hydroxylation sites is 1. The second-order valence-corrected chi connectivity index (χ2v) is 8.47. The molecule has 0 spiro atoms. The Morgan fingerprint density at radius 1 is 1.19 bits per heavy atom. The summed E-state index contributed by atoms with van der Waals surface area (Å²) < 4.78 is 44.0. The lowest BCUT2D eigenvalue weighted by Crippen LogP contribution is -2.44. The molecule has 0 fully saturated rings. The molecule has 1 amide bonds. The van der Waals surface area contributed by atoms with Crippen molar-refractivity contribution in [1.82, 2.24) is 0 Å². The van der Waals surface area contributed by atoms with Gasteiger partial charge in [-0.1, -0.05) is 12.1 Å². The number of hydrogen-bond donors (Lipinski definition) is 0. The third-order valence-electron chi connectivity index (χ3n) is 4.62. The van der Waals surface area contributed by atoms with Crippen LogP contribution < -0.4 is 9.64 Å². The van der Waals surface area contributed by atoms with Gasteiger partial charge in [0.05, 0.1) is 17.7 Å². The molecule has 1 aliphatic heterocycles. The van der Waals surface area contributed by atoms with E-state index in [2.05, 4.69) is 0 Å². The fraction of sp³-hybridized carbons (Fsp3) is 0.316. The fourth-order valence-corrected chi connectivity index (χ4v) is 4.50. The smallest absolute Gasteiger partial charge is 0.245 e. The van der Waals surface area contributed by atoms with Crippen LogP contribution >= 0.6 is 0 Å². The highest BCUT2D eigenvalue weighted by Gasteiger charge is 2.36. The molecular weight excluding hydrogens is 357 g/mol. The number of nitrogens with zero attached hydrogens (tertiary/aromatic N) is 1. The molecule has 1 atom stereocenters. The first-order valence-corrected chi connectivity index (χ1v) is 9.87. The zero-order chi connectivity index (χ0) is 18.9. The average molecular weight is 377 g/mol. The zero-order valence-corrected chi connectivity index (χ0v) is 15.4. The highest BCUT2D eigenvalue weighted by molar-refractivity contribution is 7.92. The molecule has 0 N–H and O–H groups in total. The molecule has 138 valence electrons. The summed E-state index contributed by atoms with van der Waals surface area (Å²) in [4.78, 5) is 14.5. The van der Waals surface area contributed by atoms with Crippen molar-refractivity contribution in [3.8, 4) is 5.75 Å². The minimum atomic E-state index is -3.93. The lowest BCUT2D eigenvalue weighted by molar-refractivity contribution is -0.118. The molecule has 0 saturated heterocycles. The van der Waals surface area contributed by atoms with Gasteiger partial charge in [0.25, 0.3) is 0 Å². The number of amides is 1. The highest BCUT2D eigenvalue weighted by Crippen LogP contribution is 2.37. The Hall–Kier alpha value is -2.41. The molecule has 0 radical (unpaired) electrons. The van der Waals surface area contributed by atoms with Crippen LogP contribution in [-0.2, 0) is 21.1 Å². The molecule has 0 bridgehead atoms. The van der Waals surface area contributed by atoms with Crippen LogP contribution in [0.25, 0.3) is 0 Å². The maximum absolute atomic E-state index is 13.1. The number of fused-ring (bicyclic) bond motifs is 1. The molecule has 7 heteroatoms. The minimum Gasteiger partial charge on any atom is -0.495 e. The Morgan fingerprint density at radius 2 is 1.88 bits per heavy atom. The average Bonchev–Trinajstić information content (AvgIpc) is 2.66. The van der Waals surface area contributed by atoms with E-state index in [4.69, 9.17) is 4.74 Å². The largest absolute Gasteiger partial charge is 0.495 e. The quantitative estimate of drug-likeness (QED) is 0.769. The van der Waals surface area contributed by atoms with Crippen molar-refractivity contribution in [2.24, 2.45) is 0 Å². The van der Waals surface area contributed by atoms with Gasteiger partial charge in [-0.2, -0.15) is 0 Å². The molecule has 1 heterocycles. The van der Waals surface area contributed by atoms with Gasteiger partial charge in [0.1, 0.15) is 16.8 Å². The van der Waals surface area contributed by atoms with Crippen molar-refractivity contribution in [1.29, 1.82) is 0 Å². The van der Waals surface area contributed by atoms with Gasteiger partial charge in [0, 0.05) is 6.54 Å². The number of methoxy groups -OCH3 is 1. The summed E-state index contributed by atoms with van der Waals surface area (Å²) in [6.07, 6.45) is 1.55. The number of ether oxygens (including phenoxy) is 1. The van der Waals surface area contributed by atoms with Gasteiger partial charge in [-0.3, -0.25) is 4.79 Å². The molecule has 26 heavy (non-hydrogen) atoms. The van der Waals surface area contributed by atoms with Gasteiger partial charge >= 0.3 is 0 Å². The summed E-state index contributed by atoms with van der Waals surface area (Å²) >= 11 is 0. The number of hydrogen-bond acceptors (Lipinski definition) is 4. The van der Waals surface area contributed by atoms with E-state index in [1.165, 1.54) is 31.1 Å². The maximum Gasteiger partial charge on any atom is 0.245 e. The van der Waals surface area contributed by atoms with Crippen LogP contribution in [0.4, 0.5) is 10.1 Å². The first-order valence-electron chi connectivity index (χ1n) is 8.33. The Kier molecular flexibility index (Phi) is 5.00. The van der Waals surface area contributed by atoms with Crippen molar-refractivity contribution in [2.45, 2.75) is 29.9 Å². The Bertz CT molecular complexity index is 911. The van der Waals surface area contributed by atoms with Crippen LogP contribution in [-0.4, -0.2) is 33.2 Å². The summed E-state index contributed by atoms with van der Waals surface area (Å²) in [6, 6.07) is 10.0. The number of sulfone groups is 1. The SMILES string of the molecule is COc1cccc2c1N(C(=O)[C@H](C)S(=O)(=O)c1ccc(F)cc1)CCC2. The van der Waals surface area contributed by atoms with E-state index in [1.54, 1.807) is 6.07 Å². The summed E-state index contributed by atoms with van der Waals surface area (Å²) in [5, 5.41) is -1.29. The number of aryl methyl sites for hydroxylation is 1. The minimum absolute atomic E-state index is 0.0722. The van der Waals surface area contributed by atoms with Crippen LogP contribution in [0.2, 0.25) is 0 Å². The number of carbonyl (C=O) groups is 1. The predicted molar refractivity (Wildman–Crippen MR) is 96.7 cm³/mol. The molecule has 2 aromatic rings. The van der Waals surface area contributed by atoms with E-state index in [1.807, 2.05) is 12.1 Å². The van der Waals surface area contributed by atoms with E-state index < -0.39 is 26.8 Å². The number of carbonyl (C=O) groups excluding carboxylic acids is 1. The van der Waals surface area contributed by atoms with Gasteiger partial charge in [-0.25, -0.2) is 12.8 Å². The lowest BCUT2D eigenvalue weighted by Gasteiger charge is -2.32. The Labute approximate surface area is 152 Å². The van der Waals surface area contributed by atoms with Crippen LogP contribution in [0.15, 0.2) is 47.4 Å². The van der Waals surface area contributed by atoms with Crippen molar-refractivity contribution >= 4 is 21.4 Å². The third-order valence-corrected chi connectivity index (χ3v) is 6.68. The molecule has 0 aliphatic carbocycles. The fourth-order valence-electron chi connectivity index (χ4n) is 3.18. The second kappa shape index (κ2) is 7.07. The van der Waals surface area contributed by atoms with Crippen LogP contribution in [0.1, 0.15) is 18.9 Å². The van der Waals surface area contributed by atoms with E-state index >= 15 is 0 Å². The van der Waals surface area contributed by atoms with Gasteiger partial charge in [0.15, 0.2) is 9.84 Å². The Morgan fingerprint density at radius 3 is 2.54 bits per heavy atom. The molecule has 3 rings (SSSR count). The maximum atomic E-state index is 13.1. The van der Waals surface area contributed by atoms with Crippen LogP contribution in [0.3, 0.4) is 0 Å².